The van der Waals surface area contributed by atoms with Crippen LogP contribution in [0.25, 0.3) is 0 Å². The lowest BCUT2D eigenvalue weighted by molar-refractivity contribution is 0.610. The summed E-state index contributed by atoms with van der Waals surface area (Å²) in [7, 11) is 2.05. The van der Waals surface area contributed by atoms with Crippen molar-refractivity contribution in [3.8, 4) is 0 Å². The zero-order valence-corrected chi connectivity index (χ0v) is 13.8. The molecule has 0 amide bonds. The Morgan fingerprint density at radius 3 is 2.65 bits per heavy atom. The van der Waals surface area contributed by atoms with Crippen molar-refractivity contribution in [1.29, 1.82) is 0 Å². The van der Waals surface area contributed by atoms with E-state index < -0.39 is 0 Å². The van der Waals surface area contributed by atoms with Crippen molar-refractivity contribution < 1.29 is 0 Å². The molecule has 0 spiro atoms. The summed E-state index contributed by atoms with van der Waals surface area (Å²) < 4.78 is 3.06. The van der Waals surface area contributed by atoms with Crippen LogP contribution < -0.4 is 10.6 Å². The minimum Gasteiger partial charge on any atom is -0.397 e. The van der Waals surface area contributed by atoms with Gasteiger partial charge < -0.3 is 10.6 Å². The van der Waals surface area contributed by atoms with Gasteiger partial charge in [0.25, 0.3) is 0 Å². The first-order chi connectivity index (χ1) is 9.55. The average molecular weight is 337 g/mol. The van der Waals surface area contributed by atoms with Gasteiger partial charge in [-0.25, -0.2) is 0 Å². The number of nitrogens with two attached hydrogens (primary N) is 1. The van der Waals surface area contributed by atoms with Gasteiger partial charge in [0.2, 0.25) is 0 Å². The maximum atomic E-state index is 6.08. The fraction of sp³-hybridized carbons (Fsp3) is 0.400. The predicted molar refractivity (Wildman–Crippen MR) is 87.9 cm³/mol. The van der Waals surface area contributed by atoms with E-state index >= 15 is 0 Å². The van der Waals surface area contributed by atoms with Crippen molar-refractivity contribution in [1.82, 2.24) is 9.78 Å². The molecule has 2 aromatic rings. The SMILES string of the molecule is CCc1cc(CN(C)c2ccc(Br)cc2N)n(CC)n1. The molecule has 0 radical (unpaired) electrons. The lowest BCUT2D eigenvalue weighted by atomic mass is 10.2. The fourth-order valence-corrected chi connectivity index (χ4v) is 2.67. The van der Waals surface area contributed by atoms with Crippen LogP contribution in [0.3, 0.4) is 0 Å². The molecule has 0 fully saturated rings. The monoisotopic (exact) mass is 336 g/mol. The molecule has 1 aromatic heterocycles. The van der Waals surface area contributed by atoms with Crippen molar-refractivity contribution in [2.75, 3.05) is 17.7 Å². The van der Waals surface area contributed by atoms with Crippen molar-refractivity contribution in [3.05, 3.63) is 40.1 Å². The van der Waals surface area contributed by atoms with Crippen LogP contribution in [0.2, 0.25) is 0 Å². The maximum absolute atomic E-state index is 6.08. The summed E-state index contributed by atoms with van der Waals surface area (Å²) >= 11 is 3.44. The largest absolute Gasteiger partial charge is 0.397 e. The van der Waals surface area contributed by atoms with Crippen LogP contribution in [-0.2, 0) is 19.5 Å². The van der Waals surface area contributed by atoms with Crippen LogP contribution in [-0.4, -0.2) is 16.8 Å². The molecule has 2 N–H and O–H groups in total. The molecule has 4 nitrogen and oxygen atoms in total. The molecule has 0 bridgehead atoms. The number of aromatic nitrogens is 2. The molecule has 0 saturated heterocycles. The van der Waals surface area contributed by atoms with Gasteiger partial charge in [-0.15, -0.1) is 0 Å². The van der Waals surface area contributed by atoms with Crippen LogP contribution in [0.1, 0.15) is 25.2 Å². The molecule has 0 unspecified atom stereocenters. The number of rotatable bonds is 5. The van der Waals surface area contributed by atoms with Gasteiger partial charge in [-0.1, -0.05) is 22.9 Å². The molecular formula is C15H21BrN4. The second-order valence-corrected chi connectivity index (χ2v) is 5.77. The summed E-state index contributed by atoms with van der Waals surface area (Å²) in [5.41, 5.74) is 10.3. The van der Waals surface area contributed by atoms with E-state index in [0.717, 1.165) is 41.1 Å². The number of aryl methyl sites for hydroxylation is 2. The lowest BCUT2D eigenvalue weighted by Crippen LogP contribution is -2.20. The third-order valence-corrected chi connectivity index (χ3v) is 3.87. The highest BCUT2D eigenvalue weighted by Gasteiger charge is 2.11. The van der Waals surface area contributed by atoms with Gasteiger partial charge in [-0.2, -0.15) is 5.10 Å². The molecule has 108 valence electrons. The van der Waals surface area contributed by atoms with Gasteiger partial charge >= 0.3 is 0 Å². The third-order valence-electron chi connectivity index (χ3n) is 3.38. The Labute approximate surface area is 128 Å². The number of halogens is 1. The van der Waals surface area contributed by atoms with Crippen LogP contribution in [0, 0.1) is 0 Å². The van der Waals surface area contributed by atoms with Gasteiger partial charge in [0.1, 0.15) is 0 Å². The lowest BCUT2D eigenvalue weighted by Gasteiger charge is -2.21. The van der Waals surface area contributed by atoms with Crippen molar-refractivity contribution in [2.24, 2.45) is 0 Å². The van der Waals surface area contributed by atoms with E-state index in [0.29, 0.717) is 0 Å². The van der Waals surface area contributed by atoms with Gasteiger partial charge in [0, 0.05) is 18.1 Å². The number of anilines is 2. The van der Waals surface area contributed by atoms with E-state index in [1.54, 1.807) is 0 Å². The summed E-state index contributed by atoms with van der Waals surface area (Å²) in [6.07, 6.45) is 0.962. The fourth-order valence-electron chi connectivity index (χ4n) is 2.29. The molecule has 0 aliphatic carbocycles. The summed E-state index contributed by atoms with van der Waals surface area (Å²) in [6, 6.07) is 8.15. The zero-order valence-electron chi connectivity index (χ0n) is 12.2. The minimum atomic E-state index is 0.778. The number of benzene rings is 1. The van der Waals surface area contributed by atoms with Crippen molar-refractivity contribution in [3.63, 3.8) is 0 Å². The highest BCUT2D eigenvalue weighted by Crippen LogP contribution is 2.27. The van der Waals surface area contributed by atoms with E-state index in [4.69, 9.17) is 5.73 Å². The van der Waals surface area contributed by atoms with Gasteiger partial charge in [0.15, 0.2) is 0 Å². The molecule has 0 aliphatic heterocycles. The number of nitrogen functional groups attached to an aromatic ring is 1. The topological polar surface area (TPSA) is 47.1 Å². The Morgan fingerprint density at radius 1 is 1.30 bits per heavy atom. The Bertz CT molecular complexity index is 592. The highest BCUT2D eigenvalue weighted by molar-refractivity contribution is 9.10. The number of hydrogen-bond acceptors (Lipinski definition) is 3. The number of nitrogens with zero attached hydrogens (tertiary/aromatic N) is 3. The first-order valence-electron chi connectivity index (χ1n) is 6.86. The van der Waals surface area contributed by atoms with E-state index in [1.165, 1.54) is 5.69 Å². The molecule has 0 atom stereocenters. The average Bonchev–Trinajstić information content (AvgIpc) is 2.80. The summed E-state index contributed by atoms with van der Waals surface area (Å²) in [4.78, 5) is 2.16. The molecular weight excluding hydrogens is 316 g/mol. The van der Waals surface area contributed by atoms with Gasteiger partial charge in [0.05, 0.1) is 29.3 Å². The molecule has 0 saturated carbocycles. The van der Waals surface area contributed by atoms with Crippen LogP contribution in [0.15, 0.2) is 28.7 Å². The van der Waals surface area contributed by atoms with E-state index in [2.05, 4.69) is 57.6 Å². The van der Waals surface area contributed by atoms with Crippen LogP contribution in [0.4, 0.5) is 11.4 Å². The smallest absolute Gasteiger partial charge is 0.0625 e. The first-order valence-corrected chi connectivity index (χ1v) is 7.66. The minimum absolute atomic E-state index is 0.778. The Kier molecular flexibility index (Phi) is 4.70. The molecule has 20 heavy (non-hydrogen) atoms. The molecule has 1 heterocycles. The molecule has 1 aromatic carbocycles. The third kappa shape index (κ3) is 3.15. The van der Waals surface area contributed by atoms with Crippen molar-refractivity contribution in [2.45, 2.75) is 33.4 Å². The predicted octanol–water partition coefficient (Wildman–Crippen LogP) is 3.45. The van der Waals surface area contributed by atoms with E-state index in [9.17, 15) is 0 Å². The van der Waals surface area contributed by atoms with E-state index in [1.807, 2.05) is 18.2 Å². The Balaban J connectivity index is 2.22. The summed E-state index contributed by atoms with van der Waals surface area (Å²) in [5.74, 6) is 0. The molecule has 2 rings (SSSR count). The highest BCUT2D eigenvalue weighted by atomic mass is 79.9. The van der Waals surface area contributed by atoms with Crippen LogP contribution in [0.5, 0.6) is 0 Å². The Hall–Kier alpha value is -1.49. The van der Waals surface area contributed by atoms with Gasteiger partial charge in [-0.3, -0.25) is 4.68 Å². The van der Waals surface area contributed by atoms with E-state index in [-0.39, 0.29) is 0 Å². The van der Waals surface area contributed by atoms with Gasteiger partial charge in [-0.05, 0) is 37.6 Å². The Morgan fingerprint density at radius 2 is 2.05 bits per heavy atom. The molecule has 5 heteroatoms. The quantitative estimate of drug-likeness (QED) is 0.850. The number of hydrogen-bond donors (Lipinski definition) is 1. The molecule has 0 aliphatic rings. The summed E-state index contributed by atoms with van der Waals surface area (Å²) in [6.45, 7) is 5.93. The van der Waals surface area contributed by atoms with Crippen LogP contribution >= 0.6 is 15.9 Å². The second kappa shape index (κ2) is 6.31. The maximum Gasteiger partial charge on any atom is 0.0625 e. The standard InChI is InChI=1S/C15H21BrN4/c1-4-12-9-13(20(5-2)18-12)10-19(3)15-7-6-11(16)8-14(15)17/h6-9H,4-5,10,17H2,1-3H3. The zero-order chi connectivity index (χ0) is 14.7. The summed E-state index contributed by atoms with van der Waals surface area (Å²) in [5, 5.41) is 4.58. The van der Waals surface area contributed by atoms with Crippen molar-refractivity contribution >= 4 is 27.3 Å². The normalized spacial score (nSPS) is 10.8. The second-order valence-electron chi connectivity index (χ2n) is 4.86. The first kappa shape index (κ1) is 14.9.